The van der Waals surface area contributed by atoms with E-state index in [0.717, 1.165) is 25.0 Å². The van der Waals surface area contributed by atoms with Crippen LogP contribution in [-0.2, 0) is 0 Å². The van der Waals surface area contributed by atoms with Crippen LogP contribution in [0.15, 0.2) is 0 Å². The van der Waals surface area contributed by atoms with Gasteiger partial charge in [0.05, 0.1) is 0 Å². The van der Waals surface area contributed by atoms with Crippen LogP contribution in [0, 0.1) is 5.92 Å². The molecule has 3 heteroatoms. The molecule has 0 radical (unpaired) electrons. The molecular formula is C15H31N3. The molecule has 1 saturated carbocycles. The van der Waals surface area contributed by atoms with Crippen molar-refractivity contribution < 1.29 is 0 Å². The average Bonchev–Trinajstić information content (AvgIpc) is 2.66. The lowest BCUT2D eigenvalue weighted by Crippen LogP contribution is -2.59. The standard InChI is InChI=1S/C15H31N3/c1-12-7-5-6-8-14(12)18(4)15(10-16)9-13(2)17(3)11-15/h12-14H,5-11,16H2,1-4H3. The van der Waals surface area contributed by atoms with Crippen LogP contribution in [0.1, 0.15) is 46.0 Å². The van der Waals surface area contributed by atoms with E-state index in [1.807, 2.05) is 0 Å². The second-order valence-electron chi connectivity index (χ2n) is 6.84. The highest BCUT2D eigenvalue weighted by Crippen LogP contribution is 2.36. The Morgan fingerprint density at radius 2 is 1.94 bits per heavy atom. The van der Waals surface area contributed by atoms with E-state index in [0.29, 0.717) is 6.04 Å². The third-order valence-electron chi connectivity index (χ3n) is 5.66. The maximum Gasteiger partial charge on any atom is 0.0473 e. The van der Waals surface area contributed by atoms with E-state index in [-0.39, 0.29) is 5.54 Å². The molecule has 4 atom stereocenters. The summed E-state index contributed by atoms with van der Waals surface area (Å²) >= 11 is 0. The topological polar surface area (TPSA) is 32.5 Å². The number of nitrogens with two attached hydrogens (primary N) is 1. The molecule has 0 aromatic heterocycles. The molecule has 0 aromatic carbocycles. The van der Waals surface area contributed by atoms with Crippen molar-refractivity contribution in [1.82, 2.24) is 9.80 Å². The first-order valence-electron chi connectivity index (χ1n) is 7.63. The smallest absolute Gasteiger partial charge is 0.0473 e. The monoisotopic (exact) mass is 253 g/mol. The van der Waals surface area contributed by atoms with Crippen molar-refractivity contribution in [2.24, 2.45) is 11.7 Å². The summed E-state index contributed by atoms with van der Waals surface area (Å²) in [5.74, 6) is 0.827. The van der Waals surface area contributed by atoms with E-state index in [4.69, 9.17) is 5.73 Å². The molecule has 2 fully saturated rings. The van der Waals surface area contributed by atoms with Crippen molar-refractivity contribution in [2.45, 2.75) is 63.6 Å². The second kappa shape index (κ2) is 5.48. The van der Waals surface area contributed by atoms with Gasteiger partial charge in [-0.1, -0.05) is 19.8 Å². The molecule has 2 rings (SSSR count). The first-order valence-corrected chi connectivity index (χ1v) is 7.63. The highest BCUT2D eigenvalue weighted by atomic mass is 15.3. The Labute approximate surface area is 113 Å². The van der Waals surface area contributed by atoms with Crippen LogP contribution in [0.25, 0.3) is 0 Å². The van der Waals surface area contributed by atoms with Gasteiger partial charge in [-0.3, -0.25) is 4.90 Å². The first kappa shape index (κ1) is 14.3. The van der Waals surface area contributed by atoms with E-state index in [1.54, 1.807) is 0 Å². The third kappa shape index (κ3) is 2.45. The van der Waals surface area contributed by atoms with Gasteiger partial charge in [-0.15, -0.1) is 0 Å². The summed E-state index contributed by atoms with van der Waals surface area (Å²) in [6.45, 7) is 6.67. The molecule has 0 amide bonds. The molecule has 1 heterocycles. The van der Waals surface area contributed by atoms with Crippen LogP contribution in [0.5, 0.6) is 0 Å². The van der Waals surface area contributed by atoms with Crippen LogP contribution < -0.4 is 5.73 Å². The molecule has 1 saturated heterocycles. The molecular weight excluding hydrogens is 222 g/mol. The molecule has 4 unspecified atom stereocenters. The number of rotatable bonds is 3. The van der Waals surface area contributed by atoms with Gasteiger partial charge in [-0.05, 0) is 46.2 Å². The minimum absolute atomic E-state index is 0.213. The number of likely N-dealkylation sites (tertiary alicyclic amines) is 1. The predicted octanol–water partition coefficient (Wildman–Crippen LogP) is 1.92. The molecule has 106 valence electrons. The SMILES string of the molecule is CC1CCCCC1N(C)C1(CN)CC(C)N(C)C1. The summed E-state index contributed by atoms with van der Waals surface area (Å²) in [7, 11) is 4.56. The minimum atomic E-state index is 0.213. The molecule has 2 N–H and O–H groups in total. The van der Waals surface area contributed by atoms with Gasteiger partial charge in [0.1, 0.15) is 0 Å². The van der Waals surface area contributed by atoms with Crippen LogP contribution in [0.4, 0.5) is 0 Å². The summed E-state index contributed by atoms with van der Waals surface area (Å²) in [6, 6.07) is 1.40. The molecule has 0 aromatic rings. The van der Waals surface area contributed by atoms with Gasteiger partial charge >= 0.3 is 0 Å². The zero-order valence-electron chi connectivity index (χ0n) is 12.7. The summed E-state index contributed by atoms with van der Waals surface area (Å²) < 4.78 is 0. The molecule has 18 heavy (non-hydrogen) atoms. The zero-order valence-corrected chi connectivity index (χ0v) is 12.7. The fourth-order valence-corrected chi connectivity index (χ4v) is 4.16. The average molecular weight is 253 g/mol. The lowest BCUT2D eigenvalue weighted by atomic mass is 9.81. The summed E-state index contributed by atoms with van der Waals surface area (Å²) in [5.41, 5.74) is 6.39. The number of hydrogen-bond acceptors (Lipinski definition) is 3. The number of hydrogen-bond donors (Lipinski definition) is 1. The van der Waals surface area contributed by atoms with E-state index in [1.165, 1.54) is 32.1 Å². The predicted molar refractivity (Wildman–Crippen MR) is 77.7 cm³/mol. The van der Waals surface area contributed by atoms with Crippen LogP contribution in [-0.4, -0.2) is 54.6 Å². The van der Waals surface area contributed by atoms with Crippen molar-refractivity contribution >= 4 is 0 Å². The van der Waals surface area contributed by atoms with Crippen LogP contribution >= 0.6 is 0 Å². The highest BCUT2D eigenvalue weighted by molar-refractivity contribution is 5.04. The maximum atomic E-state index is 6.18. The van der Waals surface area contributed by atoms with Crippen molar-refractivity contribution in [3.8, 4) is 0 Å². The van der Waals surface area contributed by atoms with Gasteiger partial charge in [0.25, 0.3) is 0 Å². The highest BCUT2D eigenvalue weighted by Gasteiger charge is 2.45. The zero-order chi connectivity index (χ0) is 13.3. The van der Waals surface area contributed by atoms with Crippen LogP contribution in [0.2, 0.25) is 0 Å². The molecule has 0 spiro atoms. The Bertz CT molecular complexity index is 269. The Morgan fingerprint density at radius 1 is 1.28 bits per heavy atom. The van der Waals surface area contributed by atoms with Gasteiger partial charge in [0.2, 0.25) is 0 Å². The van der Waals surface area contributed by atoms with Gasteiger partial charge in [0, 0.05) is 30.7 Å². The van der Waals surface area contributed by atoms with Gasteiger partial charge in [0.15, 0.2) is 0 Å². The fraction of sp³-hybridized carbons (Fsp3) is 1.00. The van der Waals surface area contributed by atoms with Crippen LogP contribution in [0.3, 0.4) is 0 Å². The maximum absolute atomic E-state index is 6.18. The van der Waals surface area contributed by atoms with Crippen molar-refractivity contribution in [1.29, 1.82) is 0 Å². The summed E-state index contributed by atoms with van der Waals surface area (Å²) in [5, 5.41) is 0. The summed E-state index contributed by atoms with van der Waals surface area (Å²) in [6.07, 6.45) is 6.78. The van der Waals surface area contributed by atoms with Crippen molar-refractivity contribution in [3.63, 3.8) is 0 Å². The van der Waals surface area contributed by atoms with Gasteiger partial charge in [-0.25, -0.2) is 0 Å². The Hall–Kier alpha value is -0.120. The molecule has 2 aliphatic rings. The third-order valence-corrected chi connectivity index (χ3v) is 5.66. The van der Waals surface area contributed by atoms with E-state index >= 15 is 0 Å². The quantitative estimate of drug-likeness (QED) is 0.834. The second-order valence-corrected chi connectivity index (χ2v) is 6.84. The number of likely N-dealkylation sites (N-methyl/N-ethyl adjacent to an activating group) is 2. The molecule has 1 aliphatic heterocycles. The minimum Gasteiger partial charge on any atom is -0.329 e. The normalized spacial score (nSPS) is 42.7. The summed E-state index contributed by atoms with van der Waals surface area (Å²) in [4.78, 5) is 5.12. The Kier molecular flexibility index (Phi) is 4.35. The molecule has 3 nitrogen and oxygen atoms in total. The Balaban J connectivity index is 2.12. The largest absolute Gasteiger partial charge is 0.329 e. The Morgan fingerprint density at radius 3 is 2.44 bits per heavy atom. The number of nitrogens with zero attached hydrogens (tertiary/aromatic N) is 2. The van der Waals surface area contributed by atoms with E-state index in [2.05, 4.69) is 37.7 Å². The lowest BCUT2D eigenvalue weighted by molar-refractivity contribution is 0.0374. The van der Waals surface area contributed by atoms with Crippen molar-refractivity contribution in [3.05, 3.63) is 0 Å². The van der Waals surface area contributed by atoms with Gasteiger partial charge in [-0.2, -0.15) is 0 Å². The van der Waals surface area contributed by atoms with Gasteiger partial charge < -0.3 is 10.6 Å². The first-order chi connectivity index (χ1) is 8.50. The fourth-order valence-electron chi connectivity index (χ4n) is 4.16. The lowest BCUT2D eigenvalue weighted by Gasteiger charge is -2.46. The van der Waals surface area contributed by atoms with E-state index < -0.39 is 0 Å². The van der Waals surface area contributed by atoms with Crippen molar-refractivity contribution in [2.75, 3.05) is 27.2 Å². The molecule has 1 aliphatic carbocycles. The molecule has 0 bridgehead atoms. The van der Waals surface area contributed by atoms with E-state index in [9.17, 15) is 0 Å².